The van der Waals surface area contributed by atoms with E-state index in [0.29, 0.717) is 24.3 Å². The number of rotatable bonds is 4. The molecular weight excluding hydrogens is 414 g/mol. The van der Waals surface area contributed by atoms with Crippen LogP contribution < -0.4 is 9.80 Å². The standard InChI is InChI=1S/C26H25N5O2/c1-26(2)16-31(23-7-6-19(11-22(23)26)14-29-9-8-28-17-29)25(33)20-12-24(32)30(15-20)21-5-3-4-18(10-21)13-27/h3-11,17,20H,12,14-16H2,1-2H3/t20-/m0/s1. The molecule has 0 bridgehead atoms. The quantitative estimate of drug-likeness (QED) is 0.623. The number of carbonyl (C=O) groups excluding carboxylic acids is 2. The Kier molecular flexibility index (Phi) is 5.01. The molecule has 2 amide bonds. The van der Waals surface area contributed by atoms with Crippen molar-refractivity contribution >= 4 is 23.2 Å². The van der Waals surface area contributed by atoms with Crippen molar-refractivity contribution in [2.24, 2.45) is 5.92 Å². The van der Waals surface area contributed by atoms with Gasteiger partial charge in [-0.25, -0.2) is 4.98 Å². The lowest BCUT2D eigenvalue weighted by atomic mass is 9.86. The molecule has 3 heterocycles. The highest BCUT2D eigenvalue weighted by molar-refractivity contribution is 6.05. The van der Waals surface area contributed by atoms with Gasteiger partial charge in [-0.05, 0) is 35.4 Å². The summed E-state index contributed by atoms with van der Waals surface area (Å²) >= 11 is 0. The minimum atomic E-state index is -0.407. The molecule has 1 atom stereocenters. The number of anilines is 2. The van der Waals surface area contributed by atoms with Crippen LogP contribution in [0, 0.1) is 17.2 Å². The van der Waals surface area contributed by atoms with E-state index in [-0.39, 0.29) is 23.7 Å². The van der Waals surface area contributed by atoms with Gasteiger partial charge in [0.1, 0.15) is 0 Å². The van der Waals surface area contributed by atoms with Crippen molar-refractivity contribution in [2.75, 3.05) is 22.9 Å². The first kappa shape index (κ1) is 21.0. The molecule has 1 saturated heterocycles. The first-order valence-corrected chi connectivity index (χ1v) is 11.1. The third-order valence-corrected chi connectivity index (χ3v) is 6.59. The second-order valence-electron chi connectivity index (χ2n) is 9.46. The Labute approximate surface area is 192 Å². The summed E-state index contributed by atoms with van der Waals surface area (Å²) in [5.74, 6) is -0.509. The van der Waals surface area contributed by atoms with Crippen LogP contribution in [-0.2, 0) is 21.5 Å². The monoisotopic (exact) mass is 439 g/mol. The van der Waals surface area contributed by atoms with E-state index in [1.54, 1.807) is 35.6 Å². The maximum absolute atomic E-state index is 13.6. The minimum absolute atomic E-state index is 0.0172. The van der Waals surface area contributed by atoms with Gasteiger partial charge in [0.2, 0.25) is 11.8 Å². The van der Waals surface area contributed by atoms with E-state index >= 15 is 0 Å². The Bertz CT molecular complexity index is 1270. The number of nitriles is 1. The molecule has 2 aliphatic heterocycles. The van der Waals surface area contributed by atoms with Crippen molar-refractivity contribution in [1.29, 1.82) is 5.26 Å². The van der Waals surface area contributed by atoms with Gasteiger partial charge in [-0.2, -0.15) is 5.26 Å². The molecule has 166 valence electrons. The molecule has 5 rings (SSSR count). The first-order chi connectivity index (χ1) is 15.9. The predicted octanol–water partition coefficient (Wildman–Crippen LogP) is 3.48. The van der Waals surface area contributed by atoms with Crippen molar-refractivity contribution in [3.63, 3.8) is 0 Å². The zero-order valence-electron chi connectivity index (χ0n) is 18.7. The van der Waals surface area contributed by atoms with E-state index in [0.717, 1.165) is 23.4 Å². The smallest absolute Gasteiger partial charge is 0.232 e. The Morgan fingerprint density at radius 1 is 1.24 bits per heavy atom. The molecule has 0 radical (unpaired) electrons. The molecule has 2 aromatic carbocycles. The Balaban J connectivity index is 1.38. The molecule has 33 heavy (non-hydrogen) atoms. The van der Waals surface area contributed by atoms with Gasteiger partial charge in [-0.15, -0.1) is 0 Å². The highest BCUT2D eigenvalue weighted by Gasteiger charge is 2.43. The van der Waals surface area contributed by atoms with E-state index in [1.165, 1.54) is 0 Å². The second kappa shape index (κ2) is 7.89. The van der Waals surface area contributed by atoms with Crippen LogP contribution in [0.25, 0.3) is 0 Å². The molecule has 1 fully saturated rings. The summed E-state index contributed by atoms with van der Waals surface area (Å²) in [4.78, 5) is 33.9. The van der Waals surface area contributed by atoms with Crippen LogP contribution in [-0.4, -0.2) is 34.5 Å². The highest BCUT2D eigenvalue weighted by atomic mass is 16.2. The fraction of sp³-hybridized carbons (Fsp3) is 0.308. The van der Waals surface area contributed by atoms with Gasteiger partial charge in [0.05, 0.1) is 23.9 Å². The van der Waals surface area contributed by atoms with Gasteiger partial charge in [-0.3, -0.25) is 9.59 Å². The summed E-state index contributed by atoms with van der Waals surface area (Å²) in [6.07, 6.45) is 5.67. The van der Waals surface area contributed by atoms with E-state index < -0.39 is 5.92 Å². The fourth-order valence-electron chi connectivity index (χ4n) is 4.90. The lowest BCUT2D eigenvalue weighted by molar-refractivity contribution is -0.124. The number of benzene rings is 2. The third-order valence-electron chi connectivity index (χ3n) is 6.59. The van der Waals surface area contributed by atoms with E-state index in [1.807, 2.05) is 27.8 Å². The molecule has 3 aromatic rings. The van der Waals surface area contributed by atoms with Gasteiger partial charge in [0.15, 0.2) is 0 Å². The number of fused-ring (bicyclic) bond motifs is 1. The van der Waals surface area contributed by atoms with Crippen LogP contribution in [0.4, 0.5) is 11.4 Å². The van der Waals surface area contributed by atoms with Gasteiger partial charge in [0.25, 0.3) is 0 Å². The number of hydrogen-bond acceptors (Lipinski definition) is 4. The van der Waals surface area contributed by atoms with Crippen molar-refractivity contribution in [3.05, 3.63) is 77.9 Å². The van der Waals surface area contributed by atoms with Crippen molar-refractivity contribution in [1.82, 2.24) is 9.55 Å². The number of aromatic nitrogens is 2. The van der Waals surface area contributed by atoms with Crippen LogP contribution in [0.15, 0.2) is 61.2 Å². The molecule has 0 aliphatic carbocycles. The van der Waals surface area contributed by atoms with Crippen molar-refractivity contribution < 1.29 is 9.59 Å². The van der Waals surface area contributed by atoms with Crippen LogP contribution in [0.1, 0.15) is 37.0 Å². The average molecular weight is 440 g/mol. The molecule has 7 nitrogen and oxygen atoms in total. The summed E-state index contributed by atoms with van der Waals surface area (Å²) in [6.45, 7) is 5.95. The number of hydrogen-bond donors (Lipinski definition) is 0. The molecule has 7 heteroatoms. The molecule has 0 spiro atoms. The third kappa shape index (κ3) is 3.78. The molecule has 2 aliphatic rings. The maximum Gasteiger partial charge on any atom is 0.232 e. The molecule has 0 saturated carbocycles. The van der Waals surface area contributed by atoms with Crippen molar-refractivity contribution in [2.45, 2.75) is 32.2 Å². The summed E-state index contributed by atoms with van der Waals surface area (Å²) in [6, 6.07) is 15.3. The number of carbonyl (C=O) groups is 2. The number of imidazole rings is 1. The molecular formula is C26H25N5O2. The van der Waals surface area contributed by atoms with E-state index in [4.69, 9.17) is 5.26 Å². The van der Waals surface area contributed by atoms with Gasteiger partial charge >= 0.3 is 0 Å². The number of nitrogens with zero attached hydrogens (tertiary/aromatic N) is 5. The SMILES string of the molecule is CC1(C)CN(C(=O)[C@H]2CC(=O)N(c3cccc(C#N)c3)C2)c2ccc(Cn3ccnc3)cc21. The molecule has 1 aromatic heterocycles. The summed E-state index contributed by atoms with van der Waals surface area (Å²) in [5.41, 5.74) is 4.22. The van der Waals surface area contributed by atoms with Crippen LogP contribution in [0.3, 0.4) is 0 Å². The van der Waals surface area contributed by atoms with E-state index in [2.05, 4.69) is 37.0 Å². The zero-order valence-corrected chi connectivity index (χ0v) is 18.7. The largest absolute Gasteiger partial charge is 0.333 e. The molecule has 0 N–H and O–H groups in total. The summed E-state index contributed by atoms with van der Waals surface area (Å²) < 4.78 is 2.02. The number of amides is 2. The average Bonchev–Trinajstić information content (AvgIpc) is 3.52. The Morgan fingerprint density at radius 3 is 2.85 bits per heavy atom. The summed E-state index contributed by atoms with van der Waals surface area (Å²) in [5, 5.41) is 9.17. The summed E-state index contributed by atoms with van der Waals surface area (Å²) in [7, 11) is 0. The lowest BCUT2D eigenvalue weighted by Crippen LogP contribution is -2.39. The first-order valence-electron chi connectivity index (χ1n) is 11.1. The van der Waals surface area contributed by atoms with Crippen LogP contribution in [0.5, 0.6) is 0 Å². The van der Waals surface area contributed by atoms with Crippen molar-refractivity contribution in [3.8, 4) is 6.07 Å². The van der Waals surface area contributed by atoms with Gasteiger partial charge < -0.3 is 14.4 Å². The predicted molar refractivity (Wildman–Crippen MR) is 125 cm³/mol. The Hall–Kier alpha value is -3.92. The lowest BCUT2D eigenvalue weighted by Gasteiger charge is -2.23. The topological polar surface area (TPSA) is 82.2 Å². The second-order valence-corrected chi connectivity index (χ2v) is 9.46. The molecule has 0 unspecified atom stereocenters. The van der Waals surface area contributed by atoms with E-state index in [9.17, 15) is 9.59 Å². The van der Waals surface area contributed by atoms with Crippen LogP contribution >= 0.6 is 0 Å². The van der Waals surface area contributed by atoms with Crippen LogP contribution in [0.2, 0.25) is 0 Å². The maximum atomic E-state index is 13.6. The zero-order chi connectivity index (χ0) is 23.2. The van der Waals surface area contributed by atoms with Gasteiger partial charge in [0, 0.05) is 55.2 Å². The van der Waals surface area contributed by atoms with Gasteiger partial charge in [-0.1, -0.05) is 32.0 Å². The fourth-order valence-corrected chi connectivity index (χ4v) is 4.90. The minimum Gasteiger partial charge on any atom is -0.333 e. The Morgan fingerprint density at radius 2 is 2.09 bits per heavy atom. The normalized spacial score (nSPS) is 18.9. The highest BCUT2D eigenvalue weighted by Crippen LogP contribution is 2.42.